The first kappa shape index (κ1) is 12.6. The Morgan fingerprint density at radius 3 is 2.35 bits per heavy atom. The van der Waals surface area contributed by atoms with Gasteiger partial charge < -0.3 is 0 Å². The van der Waals surface area contributed by atoms with Crippen molar-refractivity contribution in [1.82, 2.24) is 0 Å². The first-order chi connectivity index (χ1) is 9.79. The van der Waals surface area contributed by atoms with E-state index in [1.54, 1.807) is 0 Å². The van der Waals surface area contributed by atoms with E-state index in [0.717, 1.165) is 33.9 Å². The van der Waals surface area contributed by atoms with Gasteiger partial charge in [0, 0.05) is 11.1 Å². The molecule has 20 heavy (non-hydrogen) atoms. The van der Waals surface area contributed by atoms with Gasteiger partial charge in [-0.05, 0) is 28.8 Å². The van der Waals surface area contributed by atoms with E-state index in [2.05, 4.69) is 13.0 Å². The second-order valence-corrected chi connectivity index (χ2v) is 4.90. The third-order valence-corrected chi connectivity index (χ3v) is 3.65. The summed E-state index contributed by atoms with van der Waals surface area (Å²) < 4.78 is 0. The average molecular weight is 260 g/mol. The number of hydrogen-bond donors (Lipinski definition) is 0. The molecule has 3 aromatic carbocycles. The zero-order valence-electron chi connectivity index (χ0n) is 11.5. The minimum Gasteiger partial charge on any atom is -0.289 e. The van der Waals surface area contributed by atoms with Gasteiger partial charge in [0.05, 0.1) is 0 Å². The summed E-state index contributed by atoms with van der Waals surface area (Å²) in [6, 6.07) is 21.8. The van der Waals surface area contributed by atoms with Crippen molar-refractivity contribution in [2.24, 2.45) is 0 Å². The Kier molecular flexibility index (Phi) is 3.34. The smallest absolute Gasteiger partial charge is 0.193 e. The van der Waals surface area contributed by atoms with Crippen molar-refractivity contribution in [1.29, 1.82) is 0 Å². The molecule has 0 saturated heterocycles. The highest BCUT2D eigenvalue weighted by Gasteiger charge is 2.12. The van der Waals surface area contributed by atoms with E-state index < -0.39 is 0 Å². The predicted molar refractivity (Wildman–Crippen MR) is 83.2 cm³/mol. The third kappa shape index (κ3) is 2.23. The maximum Gasteiger partial charge on any atom is 0.193 e. The molecule has 0 bridgehead atoms. The van der Waals surface area contributed by atoms with Crippen molar-refractivity contribution < 1.29 is 4.79 Å². The van der Waals surface area contributed by atoms with E-state index in [1.165, 1.54) is 0 Å². The molecule has 0 aliphatic carbocycles. The number of aryl methyl sites for hydroxylation is 1. The molecule has 0 fully saturated rings. The lowest BCUT2D eigenvalue weighted by Gasteiger charge is -2.07. The summed E-state index contributed by atoms with van der Waals surface area (Å²) in [6.45, 7) is 2.08. The Bertz CT molecular complexity index is 771. The van der Waals surface area contributed by atoms with E-state index >= 15 is 0 Å². The van der Waals surface area contributed by atoms with E-state index in [1.807, 2.05) is 60.7 Å². The normalized spacial score (nSPS) is 10.7. The first-order valence-electron chi connectivity index (χ1n) is 6.91. The number of fused-ring (bicyclic) bond motifs is 1. The summed E-state index contributed by atoms with van der Waals surface area (Å²) in [5.74, 6) is 0.105. The minimum absolute atomic E-state index is 0.105. The fraction of sp³-hybridized carbons (Fsp3) is 0.105. The summed E-state index contributed by atoms with van der Waals surface area (Å²) in [5, 5.41) is 2.26. The van der Waals surface area contributed by atoms with Crippen LogP contribution in [0.4, 0.5) is 0 Å². The molecule has 0 N–H and O–H groups in total. The average Bonchev–Trinajstić information content (AvgIpc) is 2.53. The molecule has 0 saturated carbocycles. The highest BCUT2D eigenvalue weighted by molar-refractivity contribution is 6.11. The zero-order chi connectivity index (χ0) is 13.9. The van der Waals surface area contributed by atoms with Gasteiger partial charge in [-0.25, -0.2) is 0 Å². The van der Waals surface area contributed by atoms with Gasteiger partial charge in [0.25, 0.3) is 0 Å². The van der Waals surface area contributed by atoms with Gasteiger partial charge in [-0.2, -0.15) is 0 Å². The van der Waals surface area contributed by atoms with Gasteiger partial charge in [0.1, 0.15) is 0 Å². The van der Waals surface area contributed by atoms with Crippen LogP contribution in [0.5, 0.6) is 0 Å². The Morgan fingerprint density at radius 2 is 1.55 bits per heavy atom. The van der Waals surface area contributed by atoms with Crippen molar-refractivity contribution in [2.75, 3.05) is 0 Å². The van der Waals surface area contributed by atoms with Crippen LogP contribution >= 0.6 is 0 Å². The zero-order valence-corrected chi connectivity index (χ0v) is 11.5. The minimum atomic E-state index is 0.105. The SMILES string of the molecule is CCc1ccccc1C(=O)c1ccc2ccccc2c1. The lowest BCUT2D eigenvalue weighted by molar-refractivity contribution is 0.103. The summed E-state index contributed by atoms with van der Waals surface area (Å²) in [7, 11) is 0. The summed E-state index contributed by atoms with van der Waals surface area (Å²) in [6.07, 6.45) is 0.871. The van der Waals surface area contributed by atoms with Gasteiger partial charge in [0.15, 0.2) is 5.78 Å². The van der Waals surface area contributed by atoms with Crippen LogP contribution in [0.25, 0.3) is 10.8 Å². The van der Waals surface area contributed by atoms with Crippen molar-refractivity contribution >= 4 is 16.6 Å². The van der Waals surface area contributed by atoms with Gasteiger partial charge in [0.2, 0.25) is 0 Å². The Balaban J connectivity index is 2.08. The molecule has 0 radical (unpaired) electrons. The largest absolute Gasteiger partial charge is 0.289 e. The van der Waals surface area contributed by atoms with E-state index in [0.29, 0.717) is 0 Å². The van der Waals surface area contributed by atoms with Gasteiger partial charge in [-0.15, -0.1) is 0 Å². The molecular weight excluding hydrogens is 244 g/mol. The molecule has 1 heteroatoms. The van der Waals surface area contributed by atoms with Gasteiger partial charge in [-0.1, -0.05) is 67.6 Å². The number of benzene rings is 3. The van der Waals surface area contributed by atoms with E-state index in [-0.39, 0.29) is 5.78 Å². The molecule has 3 rings (SSSR count). The summed E-state index contributed by atoms with van der Waals surface area (Å²) in [4.78, 5) is 12.7. The predicted octanol–water partition coefficient (Wildman–Crippen LogP) is 4.63. The number of carbonyl (C=O) groups is 1. The van der Waals surface area contributed by atoms with Crippen LogP contribution < -0.4 is 0 Å². The second kappa shape index (κ2) is 5.30. The van der Waals surface area contributed by atoms with Gasteiger partial charge in [-0.3, -0.25) is 4.79 Å². The summed E-state index contributed by atoms with van der Waals surface area (Å²) >= 11 is 0. The van der Waals surface area contributed by atoms with Crippen molar-refractivity contribution in [2.45, 2.75) is 13.3 Å². The second-order valence-electron chi connectivity index (χ2n) is 4.90. The molecule has 0 atom stereocenters. The van der Waals surface area contributed by atoms with Crippen LogP contribution in [-0.2, 0) is 6.42 Å². The Morgan fingerprint density at radius 1 is 0.850 bits per heavy atom. The topological polar surface area (TPSA) is 17.1 Å². The molecule has 0 aliphatic heterocycles. The van der Waals surface area contributed by atoms with Crippen molar-refractivity contribution in [3.05, 3.63) is 83.4 Å². The van der Waals surface area contributed by atoms with Gasteiger partial charge >= 0.3 is 0 Å². The van der Waals surface area contributed by atoms with Crippen molar-refractivity contribution in [3.8, 4) is 0 Å². The van der Waals surface area contributed by atoms with Crippen LogP contribution in [0.1, 0.15) is 28.4 Å². The van der Waals surface area contributed by atoms with E-state index in [9.17, 15) is 4.79 Å². The fourth-order valence-electron chi connectivity index (χ4n) is 2.54. The van der Waals surface area contributed by atoms with Crippen LogP contribution in [-0.4, -0.2) is 5.78 Å². The highest BCUT2D eigenvalue weighted by atomic mass is 16.1. The number of ketones is 1. The molecule has 0 aromatic heterocycles. The lowest BCUT2D eigenvalue weighted by atomic mass is 9.95. The van der Waals surface area contributed by atoms with Crippen molar-refractivity contribution in [3.63, 3.8) is 0 Å². The molecule has 0 heterocycles. The maximum atomic E-state index is 12.7. The number of hydrogen-bond acceptors (Lipinski definition) is 1. The molecule has 1 nitrogen and oxygen atoms in total. The highest BCUT2D eigenvalue weighted by Crippen LogP contribution is 2.20. The maximum absolute atomic E-state index is 12.7. The monoisotopic (exact) mass is 260 g/mol. The molecular formula is C19H16O. The third-order valence-electron chi connectivity index (χ3n) is 3.65. The number of carbonyl (C=O) groups excluding carboxylic acids is 1. The fourth-order valence-corrected chi connectivity index (χ4v) is 2.54. The quantitative estimate of drug-likeness (QED) is 0.627. The molecule has 0 unspecified atom stereocenters. The molecule has 98 valence electrons. The molecule has 0 spiro atoms. The van der Waals surface area contributed by atoms with Crippen LogP contribution in [0, 0.1) is 0 Å². The Labute approximate surface area is 118 Å². The standard InChI is InChI=1S/C19H16O/c1-2-14-7-5-6-10-18(14)19(20)17-12-11-15-8-3-4-9-16(15)13-17/h3-13H,2H2,1H3. The van der Waals surface area contributed by atoms with Crippen LogP contribution in [0.2, 0.25) is 0 Å². The molecule has 0 aliphatic rings. The Hall–Kier alpha value is -2.41. The summed E-state index contributed by atoms with van der Waals surface area (Å²) in [5.41, 5.74) is 2.67. The first-order valence-corrected chi connectivity index (χ1v) is 6.91. The van der Waals surface area contributed by atoms with Crippen LogP contribution in [0.15, 0.2) is 66.7 Å². The van der Waals surface area contributed by atoms with E-state index in [4.69, 9.17) is 0 Å². The number of rotatable bonds is 3. The van der Waals surface area contributed by atoms with Crippen LogP contribution in [0.3, 0.4) is 0 Å². The molecule has 0 amide bonds. The molecule has 3 aromatic rings. The lowest BCUT2D eigenvalue weighted by Crippen LogP contribution is -2.04.